The van der Waals surface area contributed by atoms with E-state index in [-0.39, 0.29) is 34.9 Å². The molecule has 0 radical (unpaired) electrons. The van der Waals surface area contributed by atoms with Crippen LogP contribution in [0.3, 0.4) is 0 Å². The Bertz CT molecular complexity index is 974. The molecule has 1 amide bonds. The molecule has 0 aromatic heterocycles. The summed E-state index contributed by atoms with van der Waals surface area (Å²) in [7, 11) is -13.7. The van der Waals surface area contributed by atoms with Gasteiger partial charge < -0.3 is 4.90 Å². The lowest BCUT2D eigenvalue weighted by atomic mass is 10.1. The summed E-state index contributed by atoms with van der Waals surface area (Å²) in [5, 5.41) is -13.4. The topological polar surface area (TPSA) is 129 Å². The van der Waals surface area contributed by atoms with E-state index in [2.05, 4.69) is 6.58 Å². The molecule has 1 rings (SSSR count). The number of hydrogen-bond acceptors (Lipinski definition) is 6. The van der Waals surface area contributed by atoms with E-state index in [4.69, 9.17) is 4.55 Å². The van der Waals surface area contributed by atoms with Crippen LogP contribution in [0.1, 0.15) is 26.2 Å². The number of ketones is 1. The van der Waals surface area contributed by atoms with Crippen LogP contribution in [0.4, 0.5) is 26.3 Å². The summed E-state index contributed by atoms with van der Waals surface area (Å²) in [4.78, 5) is 24.5. The Labute approximate surface area is 179 Å². The summed E-state index contributed by atoms with van der Waals surface area (Å²) in [6.45, 7) is 1.84. The van der Waals surface area contributed by atoms with Crippen molar-refractivity contribution in [3.8, 4) is 0 Å². The van der Waals surface area contributed by atoms with E-state index >= 15 is 0 Å². The third-order valence-electron chi connectivity index (χ3n) is 4.58. The Hall–Kier alpha value is -1.72. The van der Waals surface area contributed by atoms with Crippen molar-refractivity contribution in [1.82, 2.24) is 9.21 Å². The normalized spacial score (nSPS) is 17.3. The molecule has 1 aliphatic rings. The van der Waals surface area contributed by atoms with E-state index in [0.717, 1.165) is 4.90 Å². The summed E-state index contributed by atoms with van der Waals surface area (Å²) >= 11 is 0. The highest BCUT2D eigenvalue weighted by Crippen LogP contribution is 2.51. The maximum absolute atomic E-state index is 14.0. The van der Waals surface area contributed by atoms with Crippen LogP contribution in [0.5, 0.6) is 0 Å². The highest BCUT2D eigenvalue weighted by Gasteiger charge is 2.82. The first kappa shape index (κ1) is 28.3. The number of carbonyl (C=O) groups is 2. The van der Waals surface area contributed by atoms with E-state index in [1.807, 2.05) is 0 Å². The van der Waals surface area contributed by atoms with Crippen LogP contribution in [-0.2, 0) is 29.7 Å². The van der Waals surface area contributed by atoms with Crippen LogP contribution in [0.2, 0.25) is 0 Å². The lowest BCUT2D eigenvalue weighted by Crippen LogP contribution is -2.64. The first-order chi connectivity index (χ1) is 14.2. The van der Waals surface area contributed by atoms with E-state index in [1.165, 1.54) is 6.92 Å². The number of amides is 1. The number of rotatable bonds is 10. The van der Waals surface area contributed by atoms with E-state index < -0.39 is 68.7 Å². The van der Waals surface area contributed by atoms with Crippen LogP contribution in [0, 0.1) is 0 Å². The van der Waals surface area contributed by atoms with Gasteiger partial charge >= 0.3 is 26.5 Å². The molecule has 0 unspecified atom stereocenters. The smallest absolute Gasteiger partial charge is 0.340 e. The predicted octanol–water partition coefficient (Wildman–Crippen LogP) is 1.48. The molecule has 1 fully saturated rings. The minimum absolute atomic E-state index is 0.00129. The molecule has 0 aliphatic carbocycles. The zero-order chi connectivity index (χ0) is 25.3. The second kappa shape index (κ2) is 9.26. The molecule has 1 aliphatic heterocycles. The van der Waals surface area contributed by atoms with Gasteiger partial charge in [0.25, 0.3) is 10.0 Å². The first-order valence-corrected chi connectivity index (χ1v) is 11.7. The Kier molecular flexibility index (Phi) is 8.20. The zero-order valence-corrected chi connectivity index (χ0v) is 18.2. The van der Waals surface area contributed by atoms with Crippen LogP contribution >= 0.6 is 0 Å². The minimum Gasteiger partial charge on any atom is -0.340 e. The second-order valence-electron chi connectivity index (χ2n) is 6.92. The number of piperazine rings is 1. The molecule has 1 saturated heterocycles. The number of Topliss-reactive ketones (excluding diaryl/α,β-unsaturated/α-hetero) is 1. The van der Waals surface area contributed by atoms with Gasteiger partial charge in [-0.15, -0.1) is 0 Å². The molecule has 0 aromatic carbocycles. The molecule has 0 aromatic rings. The quantitative estimate of drug-likeness (QED) is 0.264. The molecule has 0 bridgehead atoms. The minimum atomic E-state index is -7.10. The van der Waals surface area contributed by atoms with Crippen molar-refractivity contribution in [3.63, 3.8) is 0 Å². The van der Waals surface area contributed by atoms with E-state index in [0.29, 0.717) is 0 Å². The van der Waals surface area contributed by atoms with Crippen LogP contribution in [0.15, 0.2) is 12.2 Å². The monoisotopic (exact) mass is 518 g/mol. The molecular weight excluding hydrogens is 498 g/mol. The number of carbonyl (C=O) groups excluding carboxylic acids is 2. The van der Waals surface area contributed by atoms with Gasteiger partial charge in [-0.05, 0) is 18.9 Å². The Morgan fingerprint density at radius 2 is 1.38 bits per heavy atom. The van der Waals surface area contributed by atoms with Gasteiger partial charge in [0.05, 0.1) is 0 Å². The predicted molar refractivity (Wildman–Crippen MR) is 97.1 cm³/mol. The summed E-state index contributed by atoms with van der Waals surface area (Å²) < 4.78 is 135. The molecule has 32 heavy (non-hydrogen) atoms. The van der Waals surface area contributed by atoms with E-state index in [1.54, 1.807) is 0 Å². The van der Waals surface area contributed by atoms with Gasteiger partial charge in [-0.25, -0.2) is 8.42 Å². The SMILES string of the molecule is C=C(C)C(=O)CCCC(=O)N1CCN(S(=O)(=O)C(F)(F)C(F)(F)C(F)(F)S(=O)(=O)O)CC1. The van der Waals surface area contributed by atoms with Crippen LogP contribution in [0.25, 0.3) is 0 Å². The van der Waals surface area contributed by atoms with Gasteiger partial charge in [0.15, 0.2) is 5.78 Å². The molecule has 1 heterocycles. The summed E-state index contributed by atoms with van der Waals surface area (Å²) in [5.41, 5.74) is 0.272. The third-order valence-corrected chi connectivity index (χ3v) is 7.43. The highest BCUT2D eigenvalue weighted by atomic mass is 32.2. The molecule has 0 atom stereocenters. The number of allylic oxidation sites excluding steroid dienone is 1. The molecule has 0 saturated carbocycles. The number of alkyl halides is 6. The van der Waals surface area contributed by atoms with Crippen molar-refractivity contribution < 1.29 is 57.3 Å². The van der Waals surface area contributed by atoms with Gasteiger partial charge in [0.1, 0.15) is 0 Å². The molecule has 1 N–H and O–H groups in total. The van der Waals surface area contributed by atoms with Crippen molar-refractivity contribution in [2.75, 3.05) is 26.2 Å². The largest absolute Gasteiger partial charge is 0.439 e. The average Bonchev–Trinajstić information content (AvgIpc) is 2.66. The fraction of sp³-hybridized carbons (Fsp3) is 0.733. The van der Waals surface area contributed by atoms with Gasteiger partial charge in [0.2, 0.25) is 5.91 Å². The fourth-order valence-electron chi connectivity index (χ4n) is 2.61. The Morgan fingerprint density at radius 3 is 1.78 bits per heavy atom. The number of sulfonamides is 1. The summed E-state index contributed by atoms with van der Waals surface area (Å²) in [5.74, 6) is -7.90. The highest BCUT2D eigenvalue weighted by molar-refractivity contribution is 7.90. The molecule has 0 spiro atoms. The molecular formula is C15H20F6N2O7S2. The van der Waals surface area contributed by atoms with Crippen molar-refractivity contribution in [3.05, 3.63) is 12.2 Å². The fourth-order valence-corrected chi connectivity index (χ4v) is 4.54. The molecule has 186 valence electrons. The van der Waals surface area contributed by atoms with Gasteiger partial charge in [0, 0.05) is 39.0 Å². The van der Waals surface area contributed by atoms with Crippen molar-refractivity contribution in [2.45, 2.75) is 42.6 Å². The number of hydrogen-bond donors (Lipinski definition) is 1. The lowest BCUT2D eigenvalue weighted by Gasteiger charge is -2.38. The van der Waals surface area contributed by atoms with Crippen LogP contribution in [-0.4, -0.2) is 84.9 Å². The van der Waals surface area contributed by atoms with E-state index in [9.17, 15) is 52.8 Å². The molecule has 9 nitrogen and oxygen atoms in total. The van der Waals surface area contributed by atoms with Crippen molar-refractivity contribution >= 4 is 31.8 Å². The standard InChI is InChI=1S/C15H20F6N2O7S2/c1-10(2)11(24)4-3-5-12(25)22-6-8-23(9-7-22)31(26,27)14(18,19)13(16,17)15(20,21)32(28,29)30/h1,3-9H2,2H3,(H,28,29,30). The maximum atomic E-state index is 14.0. The van der Waals surface area contributed by atoms with Gasteiger partial charge in [-0.1, -0.05) is 6.58 Å². The first-order valence-electron chi connectivity index (χ1n) is 8.78. The summed E-state index contributed by atoms with van der Waals surface area (Å²) in [6.07, 6.45) is -0.0582. The van der Waals surface area contributed by atoms with Crippen molar-refractivity contribution in [2.24, 2.45) is 0 Å². The maximum Gasteiger partial charge on any atom is 0.439 e. The van der Waals surface area contributed by atoms with Gasteiger partial charge in [-0.2, -0.15) is 39.1 Å². The molecule has 17 heteroatoms. The lowest BCUT2D eigenvalue weighted by molar-refractivity contribution is -0.247. The second-order valence-corrected chi connectivity index (χ2v) is 10.4. The number of nitrogens with zero attached hydrogens (tertiary/aromatic N) is 2. The summed E-state index contributed by atoms with van der Waals surface area (Å²) in [6, 6.07) is 0. The average molecular weight is 518 g/mol. The zero-order valence-electron chi connectivity index (χ0n) is 16.5. The Morgan fingerprint density at radius 1 is 0.906 bits per heavy atom. The van der Waals surface area contributed by atoms with Gasteiger partial charge in [-0.3, -0.25) is 14.1 Å². The number of halogens is 6. The third kappa shape index (κ3) is 5.09. The Balaban J connectivity index is 2.91. The van der Waals surface area contributed by atoms with Crippen molar-refractivity contribution in [1.29, 1.82) is 0 Å². The van der Waals surface area contributed by atoms with Crippen LogP contribution < -0.4 is 0 Å².